The summed E-state index contributed by atoms with van der Waals surface area (Å²) in [6.45, 7) is 0. The molecular weight excluding hydrogens is 260 g/mol. The van der Waals surface area contributed by atoms with E-state index >= 15 is 0 Å². The van der Waals surface area contributed by atoms with Crippen LogP contribution in [0.4, 0.5) is 0 Å². The van der Waals surface area contributed by atoms with Crippen LogP contribution in [0, 0.1) is 0 Å². The maximum atomic E-state index is 3.98. The van der Waals surface area contributed by atoms with Gasteiger partial charge in [0, 0.05) is 6.20 Å². The van der Waals surface area contributed by atoms with Crippen LogP contribution in [-0.4, -0.2) is 20.4 Å². The maximum absolute atomic E-state index is 3.98. The van der Waals surface area contributed by atoms with Gasteiger partial charge in [0.1, 0.15) is 5.69 Å². The number of nitrogens with zero attached hydrogens (tertiary/aromatic N) is 3. The minimum absolute atomic E-state index is 0.852. The highest BCUT2D eigenvalue weighted by atomic mass is 15.3. The Labute approximate surface area is 122 Å². The molecule has 2 aromatic carbocycles. The molecular formula is C17H14N4. The fraction of sp³-hybridized carbons (Fsp3) is 0. The van der Waals surface area contributed by atoms with Crippen LogP contribution >= 0.6 is 0 Å². The molecule has 21 heavy (non-hydrogen) atoms. The van der Waals surface area contributed by atoms with E-state index < -0.39 is 0 Å². The molecule has 0 radical (unpaired) electrons. The zero-order chi connectivity index (χ0) is 14.3. The van der Waals surface area contributed by atoms with Crippen molar-refractivity contribution >= 4 is 0 Å². The highest BCUT2D eigenvalue weighted by Gasteiger charge is 2.00. The second-order valence-electron chi connectivity index (χ2n) is 4.43. The van der Waals surface area contributed by atoms with Gasteiger partial charge in [-0.2, -0.15) is 0 Å². The number of rotatable bonds is 1. The lowest BCUT2D eigenvalue weighted by molar-refractivity contribution is 0.867. The maximum Gasteiger partial charge on any atom is 0.108 e. The van der Waals surface area contributed by atoms with Crippen LogP contribution in [0.2, 0.25) is 0 Å². The molecule has 2 heterocycles. The summed E-state index contributed by atoms with van der Waals surface area (Å²) in [5, 5.41) is 9.89. The molecule has 0 atom stereocenters. The summed E-state index contributed by atoms with van der Waals surface area (Å²) in [5.74, 6) is 0. The van der Waals surface area contributed by atoms with Gasteiger partial charge in [-0.3, -0.25) is 10.1 Å². The Morgan fingerprint density at radius 1 is 0.714 bits per heavy atom. The Morgan fingerprint density at radius 3 is 1.90 bits per heavy atom. The van der Waals surface area contributed by atoms with Crippen molar-refractivity contribution in [2.45, 2.75) is 0 Å². The van der Waals surface area contributed by atoms with Crippen LogP contribution in [0.3, 0.4) is 0 Å². The number of nitrogens with one attached hydrogen (secondary N) is 1. The summed E-state index contributed by atoms with van der Waals surface area (Å²) in [6, 6.07) is 22.6. The van der Waals surface area contributed by atoms with Gasteiger partial charge < -0.3 is 0 Å². The fourth-order valence-corrected chi connectivity index (χ4v) is 1.97. The van der Waals surface area contributed by atoms with Crippen LogP contribution in [-0.2, 0) is 0 Å². The van der Waals surface area contributed by atoms with Gasteiger partial charge in [0.15, 0.2) is 0 Å². The second kappa shape index (κ2) is 6.43. The van der Waals surface area contributed by atoms with E-state index in [-0.39, 0.29) is 0 Å². The van der Waals surface area contributed by atoms with E-state index in [0.29, 0.717) is 0 Å². The van der Waals surface area contributed by atoms with Crippen LogP contribution in [0.5, 0.6) is 0 Å². The van der Waals surface area contributed by atoms with E-state index in [1.54, 1.807) is 12.4 Å². The van der Waals surface area contributed by atoms with Crippen molar-refractivity contribution < 1.29 is 0 Å². The first-order valence-electron chi connectivity index (χ1n) is 6.65. The molecule has 0 aromatic heterocycles. The Kier molecular flexibility index (Phi) is 3.98. The van der Waals surface area contributed by atoms with Gasteiger partial charge in [0.25, 0.3) is 0 Å². The van der Waals surface area contributed by atoms with E-state index in [1.807, 2.05) is 18.2 Å². The molecule has 0 aliphatic carbocycles. The molecule has 4 nitrogen and oxygen atoms in total. The second-order valence-corrected chi connectivity index (χ2v) is 4.43. The Balaban J connectivity index is 0.000000131. The summed E-state index contributed by atoms with van der Waals surface area (Å²) in [6.07, 6.45) is 3.33. The average molecular weight is 274 g/mol. The van der Waals surface area contributed by atoms with Crippen molar-refractivity contribution in [2.75, 3.05) is 0 Å². The average Bonchev–Trinajstić information content (AvgIpc) is 3.06. The predicted octanol–water partition coefficient (Wildman–Crippen LogP) is 3.66. The number of fused-ring (bicyclic) bond motifs is 1. The summed E-state index contributed by atoms with van der Waals surface area (Å²) in [4.78, 5) is 3.98. The molecule has 0 saturated heterocycles. The largest absolute Gasteiger partial charge is 0.258 e. The van der Waals surface area contributed by atoms with Gasteiger partial charge >= 0.3 is 0 Å². The van der Waals surface area contributed by atoms with E-state index in [4.69, 9.17) is 0 Å². The smallest absolute Gasteiger partial charge is 0.108 e. The van der Waals surface area contributed by atoms with Crippen LogP contribution in [0.15, 0.2) is 79.1 Å². The molecule has 102 valence electrons. The van der Waals surface area contributed by atoms with Gasteiger partial charge in [-0.25, -0.2) is 0 Å². The Morgan fingerprint density at radius 2 is 1.33 bits per heavy atom. The highest BCUT2D eigenvalue weighted by molar-refractivity contribution is 5.62. The molecule has 4 heteroatoms. The molecule has 0 amide bonds. The first kappa shape index (κ1) is 13.0. The predicted molar refractivity (Wildman–Crippen MR) is 82.7 cm³/mol. The number of hydrogen-bond acceptors (Lipinski definition) is 3. The van der Waals surface area contributed by atoms with Crippen LogP contribution in [0.25, 0.3) is 22.5 Å². The SMILES string of the molecule is c1cc2[nH]nncc-2n1.c1ccc(-c2ccccc2)cc1. The molecule has 0 saturated carbocycles. The lowest BCUT2D eigenvalue weighted by Crippen LogP contribution is -1.88. The number of hydrogen-bond donors (Lipinski definition) is 1. The number of benzene rings is 2. The van der Waals surface area contributed by atoms with E-state index in [1.165, 1.54) is 11.1 Å². The van der Waals surface area contributed by atoms with Gasteiger partial charge in [-0.15, -0.1) is 5.10 Å². The number of H-pyrrole nitrogens is 1. The van der Waals surface area contributed by atoms with Gasteiger partial charge in [0.2, 0.25) is 0 Å². The Hall–Kier alpha value is -3.01. The molecule has 2 aliphatic rings. The van der Waals surface area contributed by atoms with Gasteiger partial charge in [-0.1, -0.05) is 65.9 Å². The number of aromatic nitrogens is 4. The monoisotopic (exact) mass is 274 g/mol. The van der Waals surface area contributed by atoms with Gasteiger partial charge in [0.05, 0.1) is 11.9 Å². The fourth-order valence-electron chi connectivity index (χ4n) is 1.97. The quantitative estimate of drug-likeness (QED) is 0.576. The zero-order valence-corrected chi connectivity index (χ0v) is 11.3. The minimum Gasteiger partial charge on any atom is -0.258 e. The van der Waals surface area contributed by atoms with Crippen molar-refractivity contribution in [3.05, 3.63) is 79.1 Å². The summed E-state index contributed by atoms with van der Waals surface area (Å²) < 4.78 is 0. The number of aromatic amines is 1. The van der Waals surface area contributed by atoms with Crippen LogP contribution in [0.1, 0.15) is 0 Å². The normalized spacial score (nSPS) is 9.90. The van der Waals surface area contributed by atoms with Crippen molar-refractivity contribution in [1.82, 2.24) is 20.4 Å². The molecule has 0 spiro atoms. The lowest BCUT2D eigenvalue weighted by atomic mass is 10.1. The molecule has 0 bridgehead atoms. The highest BCUT2D eigenvalue weighted by Crippen LogP contribution is 2.17. The third kappa shape index (κ3) is 3.30. The van der Waals surface area contributed by atoms with E-state index in [9.17, 15) is 0 Å². The van der Waals surface area contributed by atoms with Crippen molar-refractivity contribution in [1.29, 1.82) is 0 Å². The van der Waals surface area contributed by atoms with E-state index in [2.05, 4.69) is 68.9 Å². The molecule has 4 rings (SSSR count). The third-order valence-corrected chi connectivity index (χ3v) is 3.02. The minimum atomic E-state index is 0.852. The molecule has 1 N–H and O–H groups in total. The van der Waals surface area contributed by atoms with E-state index in [0.717, 1.165) is 11.4 Å². The summed E-state index contributed by atoms with van der Waals surface area (Å²) in [5.41, 5.74) is 4.33. The van der Waals surface area contributed by atoms with Crippen LogP contribution < -0.4 is 0 Å². The lowest BCUT2D eigenvalue weighted by Gasteiger charge is -1.98. The Bertz CT molecular complexity index is 685. The molecule has 2 aromatic rings. The molecule has 0 fully saturated rings. The van der Waals surface area contributed by atoms with Gasteiger partial charge in [-0.05, 0) is 17.2 Å². The van der Waals surface area contributed by atoms with Crippen molar-refractivity contribution in [2.24, 2.45) is 0 Å². The van der Waals surface area contributed by atoms with Crippen molar-refractivity contribution in [3.63, 3.8) is 0 Å². The summed E-state index contributed by atoms with van der Waals surface area (Å²) >= 11 is 0. The summed E-state index contributed by atoms with van der Waals surface area (Å²) in [7, 11) is 0. The topological polar surface area (TPSA) is 54.5 Å². The first-order chi connectivity index (χ1) is 10.4. The standard InChI is InChI=1S/C12H10.C5H4N4/c1-3-7-11(8-4-1)12-9-5-2-6-10-12;1-2-6-5-3-7-9-8-4(1)5/h1-10H;1-3H,(H,7,8). The molecule has 2 aliphatic heterocycles. The first-order valence-corrected chi connectivity index (χ1v) is 6.65. The van der Waals surface area contributed by atoms with Crippen molar-refractivity contribution in [3.8, 4) is 22.5 Å². The third-order valence-electron chi connectivity index (χ3n) is 3.02. The zero-order valence-electron chi connectivity index (χ0n) is 11.3. The molecule has 0 unspecified atom stereocenters.